The highest BCUT2D eigenvalue weighted by Crippen LogP contribution is 2.39. The van der Waals surface area contributed by atoms with Crippen molar-refractivity contribution in [3.8, 4) is 17.2 Å². The zero-order chi connectivity index (χ0) is 20.7. The molecule has 0 radical (unpaired) electrons. The summed E-state index contributed by atoms with van der Waals surface area (Å²) in [6.07, 6.45) is 0.251. The summed E-state index contributed by atoms with van der Waals surface area (Å²) in [7, 11) is 0. The molecule has 2 aliphatic heterocycles. The van der Waals surface area contributed by atoms with Gasteiger partial charge in [0.05, 0.1) is 0 Å². The Morgan fingerprint density at radius 1 is 1.00 bits per heavy atom. The molecule has 5 rings (SSSR count). The number of ether oxygens (including phenoxy) is 2. The van der Waals surface area contributed by atoms with Crippen molar-refractivity contribution in [2.75, 3.05) is 6.79 Å². The lowest BCUT2D eigenvalue weighted by molar-refractivity contribution is 0.174. The van der Waals surface area contributed by atoms with Gasteiger partial charge in [0, 0.05) is 38.8 Å². The maximum Gasteiger partial charge on any atom is 0.231 e. The SMILES string of the molecule is Oc1ccc(Br)cc1[C@@H]1CC(c2ccc3c(c2)OCO3)=N[C@@H](c2ccccc2Cl)N1. The molecule has 30 heavy (non-hydrogen) atoms. The molecule has 2 heterocycles. The molecule has 7 heteroatoms. The van der Waals surface area contributed by atoms with Gasteiger partial charge >= 0.3 is 0 Å². The van der Waals surface area contributed by atoms with Gasteiger partial charge in [0.1, 0.15) is 11.9 Å². The average molecular weight is 486 g/mol. The molecular formula is C23H18BrClN2O3. The number of hydrogen-bond donors (Lipinski definition) is 2. The number of fused-ring (bicyclic) bond motifs is 1. The van der Waals surface area contributed by atoms with Gasteiger partial charge in [0.2, 0.25) is 6.79 Å². The van der Waals surface area contributed by atoms with Crippen molar-refractivity contribution < 1.29 is 14.6 Å². The minimum Gasteiger partial charge on any atom is -0.508 e. The second kappa shape index (κ2) is 7.95. The highest BCUT2D eigenvalue weighted by Gasteiger charge is 2.29. The molecule has 152 valence electrons. The Morgan fingerprint density at radius 3 is 2.70 bits per heavy atom. The Morgan fingerprint density at radius 2 is 1.83 bits per heavy atom. The number of nitrogens with one attached hydrogen (secondary N) is 1. The molecule has 0 bridgehead atoms. The Kier molecular flexibility index (Phi) is 5.15. The van der Waals surface area contributed by atoms with E-state index in [9.17, 15) is 5.11 Å². The highest BCUT2D eigenvalue weighted by atomic mass is 79.9. The standard InChI is InChI=1S/C23H18BrClN2O3/c24-14-6-7-20(28)16(10-14)19-11-18(13-5-8-21-22(9-13)30-12-29-21)26-23(27-19)15-3-1-2-4-17(15)25/h1-10,19,23,27-28H,11-12H2/t19-,23+/m0/s1. The monoisotopic (exact) mass is 484 g/mol. The van der Waals surface area contributed by atoms with Crippen molar-refractivity contribution in [1.29, 1.82) is 0 Å². The molecule has 0 aliphatic carbocycles. The van der Waals surface area contributed by atoms with Crippen LogP contribution < -0.4 is 14.8 Å². The first-order chi connectivity index (χ1) is 14.6. The van der Waals surface area contributed by atoms with Crippen molar-refractivity contribution in [2.24, 2.45) is 4.99 Å². The van der Waals surface area contributed by atoms with Crippen molar-refractivity contribution in [1.82, 2.24) is 5.32 Å². The van der Waals surface area contributed by atoms with Crippen LogP contribution in [0.2, 0.25) is 5.02 Å². The molecule has 0 amide bonds. The van der Waals surface area contributed by atoms with Crippen LogP contribution in [0.1, 0.15) is 35.3 Å². The van der Waals surface area contributed by atoms with Crippen molar-refractivity contribution in [2.45, 2.75) is 18.6 Å². The lowest BCUT2D eigenvalue weighted by Gasteiger charge is -2.31. The molecule has 0 fully saturated rings. The van der Waals surface area contributed by atoms with Crippen LogP contribution in [-0.4, -0.2) is 17.6 Å². The van der Waals surface area contributed by atoms with E-state index in [1.807, 2.05) is 54.6 Å². The van der Waals surface area contributed by atoms with Crippen LogP contribution in [0.25, 0.3) is 0 Å². The normalized spacial score (nSPS) is 20.1. The summed E-state index contributed by atoms with van der Waals surface area (Å²) in [5.74, 6) is 1.68. The summed E-state index contributed by atoms with van der Waals surface area (Å²) < 4.78 is 11.9. The van der Waals surface area contributed by atoms with E-state index in [2.05, 4.69) is 21.2 Å². The first kappa shape index (κ1) is 19.4. The highest BCUT2D eigenvalue weighted by molar-refractivity contribution is 9.10. The summed E-state index contributed by atoms with van der Waals surface area (Å²) in [4.78, 5) is 4.97. The fraction of sp³-hybridized carbons (Fsp3) is 0.174. The lowest BCUT2D eigenvalue weighted by atomic mass is 9.93. The molecule has 2 aliphatic rings. The second-order valence-electron chi connectivity index (χ2n) is 7.19. The topological polar surface area (TPSA) is 63.1 Å². The number of benzene rings is 3. The Balaban J connectivity index is 1.59. The predicted octanol–water partition coefficient (Wildman–Crippen LogP) is 5.76. The number of aliphatic imine (C=N–C) groups is 1. The quantitative estimate of drug-likeness (QED) is 0.495. The van der Waals surface area contributed by atoms with Gasteiger partial charge in [-0.2, -0.15) is 0 Å². The smallest absolute Gasteiger partial charge is 0.231 e. The van der Waals surface area contributed by atoms with Gasteiger partial charge < -0.3 is 14.6 Å². The molecule has 0 saturated heterocycles. The summed E-state index contributed by atoms with van der Waals surface area (Å²) in [5, 5.41) is 14.7. The van der Waals surface area contributed by atoms with Crippen LogP contribution in [0.15, 0.2) is 70.1 Å². The molecule has 3 aromatic carbocycles. The van der Waals surface area contributed by atoms with Gasteiger partial charge in [-0.15, -0.1) is 0 Å². The van der Waals surface area contributed by atoms with Gasteiger partial charge in [-0.1, -0.05) is 45.7 Å². The summed E-state index contributed by atoms with van der Waals surface area (Å²) in [6.45, 7) is 0.226. The summed E-state index contributed by atoms with van der Waals surface area (Å²) in [6, 6.07) is 18.8. The number of halogens is 2. The molecule has 0 spiro atoms. The van der Waals surface area contributed by atoms with Crippen LogP contribution in [0.5, 0.6) is 17.2 Å². The van der Waals surface area contributed by atoms with Gasteiger partial charge in [-0.25, -0.2) is 0 Å². The van der Waals surface area contributed by atoms with E-state index in [0.717, 1.165) is 32.6 Å². The third-order valence-corrected chi connectivity index (χ3v) is 6.15. The van der Waals surface area contributed by atoms with E-state index in [0.29, 0.717) is 17.2 Å². The second-order valence-corrected chi connectivity index (χ2v) is 8.52. The molecular weight excluding hydrogens is 468 g/mol. The molecule has 0 unspecified atom stereocenters. The third kappa shape index (κ3) is 3.67. The number of phenols is 1. The molecule has 0 aromatic heterocycles. The van der Waals surface area contributed by atoms with Crippen LogP contribution in [-0.2, 0) is 0 Å². The number of aromatic hydroxyl groups is 1. The van der Waals surface area contributed by atoms with E-state index in [1.165, 1.54) is 0 Å². The van der Waals surface area contributed by atoms with Crippen molar-refractivity contribution in [3.05, 3.63) is 86.8 Å². The summed E-state index contributed by atoms with van der Waals surface area (Å²) in [5.41, 5.74) is 3.55. The summed E-state index contributed by atoms with van der Waals surface area (Å²) >= 11 is 9.98. The van der Waals surface area contributed by atoms with Crippen molar-refractivity contribution >= 4 is 33.2 Å². The fourth-order valence-corrected chi connectivity index (χ4v) is 4.44. The average Bonchev–Trinajstić information content (AvgIpc) is 3.23. The van der Waals surface area contributed by atoms with E-state index >= 15 is 0 Å². The zero-order valence-corrected chi connectivity index (χ0v) is 18.2. The number of hydrogen-bond acceptors (Lipinski definition) is 5. The van der Waals surface area contributed by atoms with Gasteiger partial charge in [-0.05, 0) is 48.0 Å². The molecule has 2 N–H and O–H groups in total. The van der Waals surface area contributed by atoms with Gasteiger partial charge in [-0.3, -0.25) is 10.3 Å². The predicted molar refractivity (Wildman–Crippen MR) is 120 cm³/mol. The first-order valence-corrected chi connectivity index (χ1v) is 10.7. The van der Waals surface area contributed by atoms with E-state index in [1.54, 1.807) is 6.07 Å². The Bertz CT molecular complexity index is 1150. The van der Waals surface area contributed by atoms with Crippen LogP contribution in [0.3, 0.4) is 0 Å². The van der Waals surface area contributed by atoms with E-state index in [4.69, 9.17) is 26.1 Å². The fourth-order valence-electron chi connectivity index (χ4n) is 3.82. The largest absolute Gasteiger partial charge is 0.508 e. The van der Waals surface area contributed by atoms with E-state index in [-0.39, 0.29) is 24.8 Å². The first-order valence-electron chi connectivity index (χ1n) is 9.54. The lowest BCUT2D eigenvalue weighted by Crippen LogP contribution is -2.33. The minimum absolute atomic E-state index is 0.151. The van der Waals surface area contributed by atoms with Gasteiger partial charge in [0.15, 0.2) is 11.5 Å². The molecule has 2 atom stereocenters. The third-order valence-electron chi connectivity index (χ3n) is 5.31. The van der Waals surface area contributed by atoms with Crippen LogP contribution >= 0.6 is 27.5 Å². The van der Waals surface area contributed by atoms with Crippen molar-refractivity contribution in [3.63, 3.8) is 0 Å². The maximum atomic E-state index is 10.5. The van der Waals surface area contributed by atoms with Gasteiger partial charge in [0.25, 0.3) is 0 Å². The zero-order valence-electron chi connectivity index (χ0n) is 15.8. The molecule has 0 saturated carbocycles. The number of phenolic OH excluding ortho intramolecular Hbond substituents is 1. The number of nitrogens with zero attached hydrogens (tertiary/aromatic N) is 1. The van der Waals surface area contributed by atoms with E-state index < -0.39 is 0 Å². The van der Waals surface area contributed by atoms with Crippen LogP contribution in [0.4, 0.5) is 0 Å². The number of rotatable bonds is 3. The molecule has 3 aromatic rings. The Hall–Kier alpha value is -2.54. The maximum absolute atomic E-state index is 10.5. The Labute approximate surface area is 187 Å². The minimum atomic E-state index is -0.351. The molecule has 5 nitrogen and oxygen atoms in total. The van der Waals surface area contributed by atoms with Crippen LogP contribution in [0, 0.1) is 0 Å².